The minimum absolute atomic E-state index is 0.0988. The molecule has 0 aliphatic carbocycles. The molecule has 5 nitrogen and oxygen atoms in total. The largest absolute Gasteiger partial charge is 0.460 e. The van der Waals surface area contributed by atoms with Crippen LogP contribution in [0.1, 0.15) is 11.5 Å². The second-order valence-corrected chi connectivity index (χ2v) is 6.28. The van der Waals surface area contributed by atoms with Gasteiger partial charge in [-0.1, -0.05) is 6.08 Å². The van der Waals surface area contributed by atoms with E-state index in [1.54, 1.807) is 29.1 Å². The highest BCUT2D eigenvalue weighted by atomic mass is 32.1. The SMILES string of the molecule is C=CCN=c1scc(-c2ccc(OC(F)F)cc2)n1/N=C\c1ccc(C)o1. The Balaban J connectivity index is 1.98. The van der Waals surface area contributed by atoms with Gasteiger partial charge in [-0.25, -0.2) is 4.68 Å². The van der Waals surface area contributed by atoms with Crippen LogP contribution in [0.15, 0.2) is 68.9 Å². The first-order valence-electron chi connectivity index (χ1n) is 8.05. The highest BCUT2D eigenvalue weighted by Crippen LogP contribution is 2.24. The molecule has 0 aliphatic heterocycles. The Morgan fingerprint density at radius 3 is 2.67 bits per heavy atom. The van der Waals surface area contributed by atoms with Crippen molar-refractivity contribution in [2.75, 3.05) is 6.54 Å². The van der Waals surface area contributed by atoms with E-state index in [0.29, 0.717) is 17.1 Å². The minimum atomic E-state index is -2.85. The molecule has 0 spiro atoms. The van der Waals surface area contributed by atoms with Crippen molar-refractivity contribution in [1.82, 2.24) is 4.68 Å². The fourth-order valence-corrected chi connectivity index (χ4v) is 3.15. The number of hydrogen-bond donors (Lipinski definition) is 0. The van der Waals surface area contributed by atoms with Gasteiger partial charge in [0.1, 0.15) is 17.3 Å². The number of aryl methyl sites for hydroxylation is 1. The van der Waals surface area contributed by atoms with E-state index in [9.17, 15) is 8.78 Å². The number of furan rings is 1. The van der Waals surface area contributed by atoms with Gasteiger partial charge < -0.3 is 9.15 Å². The van der Waals surface area contributed by atoms with Crippen molar-refractivity contribution in [3.05, 3.63) is 70.8 Å². The number of aromatic nitrogens is 1. The Hall–Kier alpha value is -3.00. The molecular weight excluding hydrogens is 372 g/mol. The number of ether oxygens (including phenoxy) is 1. The van der Waals surface area contributed by atoms with Gasteiger partial charge >= 0.3 is 6.61 Å². The first-order chi connectivity index (χ1) is 13.1. The van der Waals surface area contributed by atoms with E-state index in [2.05, 4.69) is 21.4 Å². The number of alkyl halides is 2. The van der Waals surface area contributed by atoms with Crippen molar-refractivity contribution in [3.63, 3.8) is 0 Å². The van der Waals surface area contributed by atoms with Gasteiger partial charge in [0, 0.05) is 10.9 Å². The number of rotatable bonds is 7. The van der Waals surface area contributed by atoms with Crippen LogP contribution < -0.4 is 9.54 Å². The standard InChI is InChI=1S/C19H17F2N3O2S/c1-3-10-22-19-24(23-11-16-7-4-13(2)25-16)17(12-27-19)14-5-8-15(9-6-14)26-18(20)21/h3-9,11-12,18H,1,10H2,2H3/b22-19?,23-11-. The summed E-state index contributed by atoms with van der Waals surface area (Å²) in [7, 11) is 0. The smallest absolute Gasteiger partial charge is 0.387 e. The number of halogens is 2. The Bertz CT molecular complexity index is 1000. The first-order valence-corrected chi connectivity index (χ1v) is 8.93. The lowest BCUT2D eigenvalue weighted by molar-refractivity contribution is -0.0498. The molecule has 0 bridgehead atoms. The molecule has 0 amide bonds. The van der Waals surface area contributed by atoms with Gasteiger partial charge in [-0.05, 0) is 43.3 Å². The molecule has 0 fully saturated rings. The third-order valence-corrected chi connectivity index (χ3v) is 4.33. The van der Waals surface area contributed by atoms with E-state index in [1.165, 1.54) is 23.5 Å². The number of hydrogen-bond acceptors (Lipinski definition) is 5. The van der Waals surface area contributed by atoms with Gasteiger partial charge in [-0.2, -0.15) is 13.9 Å². The molecule has 1 aromatic carbocycles. The highest BCUT2D eigenvalue weighted by molar-refractivity contribution is 7.07. The average Bonchev–Trinajstić information content (AvgIpc) is 3.24. The lowest BCUT2D eigenvalue weighted by Crippen LogP contribution is -2.12. The van der Waals surface area contributed by atoms with Crippen LogP contribution in [0.4, 0.5) is 8.78 Å². The molecule has 0 radical (unpaired) electrons. The summed E-state index contributed by atoms with van der Waals surface area (Å²) in [4.78, 5) is 5.12. The van der Waals surface area contributed by atoms with Crippen molar-refractivity contribution >= 4 is 17.6 Å². The second kappa shape index (κ2) is 8.59. The normalized spacial score (nSPS) is 12.2. The van der Waals surface area contributed by atoms with Crippen LogP contribution in [-0.2, 0) is 0 Å². The molecular formula is C19H17F2N3O2S. The second-order valence-electron chi connectivity index (χ2n) is 5.44. The van der Waals surface area contributed by atoms with Gasteiger partial charge in [0.05, 0.1) is 18.5 Å². The molecule has 0 saturated heterocycles. The summed E-state index contributed by atoms with van der Waals surface area (Å²) in [5, 5.41) is 6.38. The maximum absolute atomic E-state index is 12.3. The molecule has 0 N–H and O–H groups in total. The van der Waals surface area contributed by atoms with Crippen LogP contribution in [0.3, 0.4) is 0 Å². The third kappa shape index (κ3) is 4.79. The lowest BCUT2D eigenvalue weighted by atomic mass is 10.2. The maximum Gasteiger partial charge on any atom is 0.387 e. The fraction of sp³-hybridized carbons (Fsp3) is 0.158. The number of thiazole rings is 1. The number of nitrogens with zero attached hydrogens (tertiary/aromatic N) is 3. The zero-order chi connectivity index (χ0) is 19.2. The van der Waals surface area contributed by atoms with E-state index < -0.39 is 6.61 Å². The zero-order valence-corrected chi connectivity index (χ0v) is 15.3. The molecule has 3 rings (SSSR count). The molecule has 2 aromatic heterocycles. The molecule has 0 aliphatic rings. The van der Waals surface area contributed by atoms with E-state index in [1.807, 2.05) is 24.4 Å². The van der Waals surface area contributed by atoms with Crippen molar-refractivity contribution in [3.8, 4) is 17.0 Å². The fourth-order valence-electron chi connectivity index (χ4n) is 2.30. The van der Waals surface area contributed by atoms with Crippen LogP contribution in [0.5, 0.6) is 5.75 Å². The van der Waals surface area contributed by atoms with Crippen LogP contribution in [0.25, 0.3) is 11.3 Å². The summed E-state index contributed by atoms with van der Waals surface area (Å²) in [6.45, 7) is 3.13. The van der Waals surface area contributed by atoms with E-state index in [0.717, 1.165) is 17.0 Å². The number of benzene rings is 1. The van der Waals surface area contributed by atoms with Crippen LogP contribution in [0.2, 0.25) is 0 Å². The Kier molecular flexibility index (Phi) is 5.97. The van der Waals surface area contributed by atoms with Crippen LogP contribution >= 0.6 is 11.3 Å². The predicted octanol–water partition coefficient (Wildman–Crippen LogP) is 4.69. The van der Waals surface area contributed by atoms with Crippen molar-refractivity contribution in [2.24, 2.45) is 10.1 Å². The van der Waals surface area contributed by atoms with Crippen molar-refractivity contribution in [2.45, 2.75) is 13.5 Å². The molecule has 27 heavy (non-hydrogen) atoms. The molecule has 0 atom stereocenters. The monoisotopic (exact) mass is 389 g/mol. The summed E-state index contributed by atoms with van der Waals surface area (Å²) in [6.07, 6.45) is 3.30. The van der Waals surface area contributed by atoms with Gasteiger partial charge in [0.15, 0.2) is 0 Å². The summed E-state index contributed by atoms with van der Waals surface area (Å²) in [5.41, 5.74) is 1.56. The zero-order valence-electron chi connectivity index (χ0n) is 14.5. The maximum atomic E-state index is 12.3. The predicted molar refractivity (Wildman–Crippen MR) is 101 cm³/mol. The quantitative estimate of drug-likeness (QED) is 0.435. The van der Waals surface area contributed by atoms with Crippen LogP contribution in [0, 0.1) is 6.92 Å². The van der Waals surface area contributed by atoms with Gasteiger partial charge in [0.2, 0.25) is 4.80 Å². The Morgan fingerprint density at radius 1 is 1.26 bits per heavy atom. The highest BCUT2D eigenvalue weighted by Gasteiger charge is 2.09. The average molecular weight is 389 g/mol. The summed E-state index contributed by atoms with van der Waals surface area (Å²) in [6, 6.07) is 10.0. The summed E-state index contributed by atoms with van der Waals surface area (Å²) in [5.74, 6) is 1.51. The molecule has 0 unspecified atom stereocenters. The molecule has 0 saturated carbocycles. The van der Waals surface area contributed by atoms with Crippen molar-refractivity contribution < 1.29 is 17.9 Å². The van der Waals surface area contributed by atoms with E-state index >= 15 is 0 Å². The van der Waals surface area contributed by atoms with E-state index in [-0.39, 0.29) is 5.75 Å². The molecule has 8 heteroatoms. The van der Waals surface area contributed by atoms with Gasteiger partial charge in [-0.3, -0.25) is 4.99 Å². The minimum Gasteiger partial charge on any atom is -0.460 e. The van der Waals surface area contributed by atoms with Crippen LogP contribution in [-0.4, -0.2) is 24.0 Å². The lowest BCUT2D eigenvalue weighted by Gasteiger charge is -2.06. The van der Waals surface area contributed by atoms with Gasteiger partial charge in [-0.15, -0.1) is 17.9 Å². The summed E-state index contributed by atoms with van der Waals surface area (Å²) >= 11 is 1.42. The first kappa shape index (κ1) is 18.8. The topological polar surface area (TPSA) is 52.0 Å². The van der Waals surface area contributed by atoms with Gasteiger partial charge in [0.25, 0.3) is 0 Å². The summed E-state index contributed by atoms with van der Waals surface area (Å²) < 4.78 is 36.2. The molecule has 3 aromatic rings. The molecule has 140 valence electrons. The third-order valence-electron chi connectivity index (χ3n) is 3.48. The Labute approximate surface area is 158 Å². The molecule has 2 heterocycles. The van der Waals surface area contributed by atoms with Crippen molar-refractivity contribution in [1.29, 1.82) is 0 Å². The van der Waals surface area contributed by atoms with E-state index in [4.69, 9.17) is 4.42 Å². The Morgan fingerprint density at radius 2 is 2.04 bits per heavy atom.